The topological polar surface area (TPSA) is 66.0 Å². The number of hydrogen-bond donors (Lipinski definition) is 1. The lowest BCUT2D eigenvalue weighted by Gasteiger charge is -2.39. The van der Waals surface area contributed by atoms with Gasteiger partial charge in [-0.05, 0) is 35.4 Å². The third-order valence-corrected chi connectivity index (χ3v) is 5.77. The smallest absolute Gasteiger partial charge is 0.231 e. The van der Waals surface area contributed by atoms with Crippen LogP contribution >= 0.6 is 0 Å². The normalized spacial score (nSPS) is 28.4. The van der Waals surface area contributed by atoms with Gasteiger partial charge in [0.1, 0.15) is 5.78 Å². The summed E-state index contributed by atoms with van der Waals surface area (Å²) in [5, 5.41) is 3.68. The van der Waals surface area contributed by atoms with E-state index in [1.807, 2.05) is 50.2 Å². The lowest BCUT2D eigenvalue weighted by molar-refractivity contribution is -0.130. The fraction of sp³-hybridized carbons (Fsp3) is 0.381. The van der Waals surface area contributed by atoms with E-state index < -0.39 is 0 Å². The van der Waals surface area contributed by atoms with Gasteiger partial charge in [0, 0.05) is 23.9 Å². The van der Waals surface area contributed by atoms with Crippen LogP contribution in [-0.2, 0) is 4.79 Å². The summed E-state index contributed by atoms with van der Waals surface area (Å²) >= 11 is 0. The van der Waals surface area contributed by atoms with Crippen molar-refractivity contribution in [3.8, 4) is 23.0 Å². The van der Waals surface area contributed by atoms with E-state index in [1.54, 1.807) is 0 Å². The molecule has 0 amide bonds. The lowest BCUT2D eigenvalue weighted by atomic mass is 9.76. The van der Waals surface area contributed by atoms with Crippen molar-refractivity contribution in [2.75, 3.05) is 13.6 Å². The molecule has 0 bridgehead atoms. The summed E-state index contributed by atoms with van der Waals surface area (Å²) < 4.78 is 21.8. The molecule has 2 aromatic carbocycles. The first-order valence-electron chi connectivity index (χ1n) is 9.20. The number of rotatable bonds is 2. The van der Waals surface area contributed by atoms with E-state index in [1.165, 1.54) is 0 Å². The summed E-state index contributed by atoms with van der Waals surface area (Å²) in [6.45, 7) is 4.44. The van der Waals surface area contributed by atoms with Crippen LogP contribution in [0.4, 0.5) is 0 Å². The molecule has 27 heavy (non-hydrogen) atoms. The van der Waals surface area contributed by atoms with Crippen LogP contribution in [0.3, 0.4) is 0 Å². The van der Waals surface area contributed by atoms with E-state index in [2.05, 4.69) is 5.32 Å². The largest absolute Gasteiger partial charge is 0.454 e. The zero-order valence-corrected chi connectivity index (χ0v) is 15.2. The molecule has 5 rings (SSSR count). The van der Waals surface area contributed by atoms with Gasteiger partial charge < -0.3 is 24.3 Å². The van der Waals surface area contributed by atoms with Crippen LogP contribution in [0.25, 0.3) is 0 Å². The first kappa shape index (κ1) is 16.4. The molecule has 3 aliphatic rings. The molecule has 0 unspecified atom stereocenters. The van der Waals surface area contributed by atoms with Crippen molar-refractivity contribution in [1.29, 1.82) is 0 Å². The number of carbonyl (C=O) groups excluding carboxylic acids is 1. The van der Waals surface area contributed by atoms with Gasteiger partial charge in [-0.3, -0.25) is 4.79 Å². The van der Waals surface area contributed by atoms with Crippen LogP contribution in [0.15, 0.2) is 36.4 Å². The average Bonchev–Trinajstić information content (AvgIpc) is 3.34. The molecule has 0 radical (unpaired) electrons. The fourth-order valence-electron chi connectivity index (χ4n) is 4.21. The third-order valence-electron chi connectivity index (χ3n) is 5.77. The van der Waals surface area contributed by atoms with Gasteiger partial charge in [-0.2, -0.15) is 0 Å². The van der Waals surface area contributed by atoms with Gasteiger partial charge in [0.05, 0.1) is 0 Å². The summed E-state index contributed by atoms with van der Waals surface area (Å²) in [6, 6.07) is 11.6. The summed E-state index contributed by atoms with van der Waals surface area (Å²) in [6.07, 6.45) is 0. The zero-order chi connectivity index (χ0) is 18.5. The molecule has 0 saturated carbocycles. The van der Waals surface area contributed by atoms with Crippen molar-refractivity contribution < 1.29 is 23.7 Å². The van der Waals surface area contributed by atoms with Crippen molar-refractivity contribution >= 4 is 5.78 Å². The zero-order valence-electron chi connectivity index (χ0n) is 15.2. The van der Waals surface area contributed by atoms with E-state index in [9.17, 15) is 4.79 Å². The summed E-state index contributed by atoms with van der Waals surface area (Å²) in [5.41, 5.74) is 2.05. The third kappa shape index (κ3) is 2.63. The predicted octanol–water partition coefficient (Wildman–Crippen LogP) is 3.37. The highest BCUT2D eigenvalue weighted by Gasteiger charge is 2.40. The van der Waals surface area contributed by atoms with Crippen molar-refractivity contribution in [2.24, 2.45) is 11.8 Å². The fourth-order valence-corrected chi connectivity index (χ4v) is 4.21. The molecule has 1 fully saturated rings. The monoisotopic (exact) mass is 367 g/mol. The average molecular weight is 367 g/mol. The number of piperidine rings is 1. The van der Waals surface area contributed by atoms with Crippen LogP contribution in [0.5, 0.6) is 23.0 Å². The van der Waals surface area contributed by atoms with Gasteiger partial charge in [-0.25, -0.2) is 0 Å². The number of ether oxygens (including phenoxy) is 4. The minimum atomic E-state index is -0.134. The van der Waals surface area contributed by atoms with E-state index in [0.29, 0.717) is 0 Å². The standard InChI is InChI=1S/C21H21NO5/c1-11-19(13-3-5-15-17(7-13)26-9-24-15)22-20(12(2)21(11)23)14-4-6-16-18(8-14)27-10-25-16/h3-8,11-12,19-20,22H,9-10H2,1-2H3/t11-,12+,19-,20-/m0/s1. The van der Waals surface area contributed by atoms with E-state index in [-0.39, 0.29) is 43.3 Å². The highest BCUT2D eigenvalue weighted by atomic mass is 16.7. The number of nitrogens with one attached hydrogen (secondary N) is 1. The summed E-state index contributed by atoms with van der Waals surface area (Å²) in [7, 11) is 0. The van der Waals surface area contributed by atoms with Gasteiger partial charge in [-0.1, -0.05) is 26.0 Å². The highest BCUT2D eigenvalue weighted by Crippen LogP contribution is 2.43. The van der Waals surface area contributed by atoms with Crippen LogP contribution in [0, 0.1) is 11.8 Å². The number of Topliss-reactive ketones (excluding diaryl/α,β-unsaturated/α-hetero) is 1. The van der Waals surface area contributed by atoms with Crippen LogP contribution in [-0.4, -0.2) is 19.4 Å². The Bertz CT molecular complexity index is 840. The maximum atomic E-state index is 13.0. The van der Waals surface area contributed by atoms with E-state index >= 15 is 0 Å². The number of benzene rings is 2. The first-order chi connectivity index (χ1) is 13.1. The number of fused-ring (bicyclic) bond motifs is 2. The maximum Gasteiger partial charge on any atom is 0.231 e. The highest BCUT2D eigenvalue weighted by molar-refractivity contribution is 5.85. The molecule has 0 spiro atoms. The minimum absolute atomic E-state index is 0.0985. The first-order valence-corrected chi connectivity index (χ1v) is 9.20. The number of carbonyl (C=O) groups is 1. The number of ketones is 1. The molecule has 0 aliphatic carbocycles. The van der Waals surface area contributed by atoms with Gasteiger partial charge in [0.25, 0.3) is 0 Å². The molecular weight excluding hydrogens is 346 g/mol. The van der Waals surface area contributed by atoms with Gasteiger partial charge >= 0.3 is 0 Å². The SMILES string of the molecule is C[C@@H]1C(=O)[C@H](C)[C@@H](c2ccc3c(c2)OCO3)N[C@@H]1c1ccc2c(c1)OCO2. The van der Waals surface area contributed by atoms with E-state index in [4.69, 9.17) is 18.9 Å². The Morgan fingerprint density at radius 2 is 1.19 bits per heavy atom. The molecular formula is C21H21NO5. The molecule has 140 valence electrons. The predicted molar refractivity (Wildman–Crippen MR) is 97.1 cm³/mol. The molecule has 2 aromatic rings. The molecule has 1 saturated heterocycles. The van der Waals surface area contributed by atoms with E-state index in [0.717, 1.165) is 34.1 Å². The van der Waals surface area contributed by atoms with Crippen LogP contribution < -0.4 is 24.3 Å². The molecule has 0 aromatic heterocycles. The van der Waals surface area contributed by atoms with Crippen LogP contribution in [0.2, 0.25) is 0 Å². The van der Waals surface area contributed by atoms with Crippen molar-refractivity contribution in [3.05, 3.63) is 47.5 Å². The second kappa shape index (κ2) is 6.16. The Balaban J connectivity index is 1.49. The lowest BCUT2D eigenvalue weighted by Crippen LogP contribution is -2.46. The van der Waals surface area contributed by atoms with Crippen LogP contribution in [0.1, 0.15) is 37.1 Å². The maximum absolute atomic E-state index is 13.0. The summed E-state index contributed by atoms with van der Waals surface area (Å²) in [4.78, 5) is 13.0. The molecule has 3 aliphatic heterocycles. The molecule has 4 atom stereocenters. The Hall–Kier alpha value is -2.73. The molecule has 6 nitrogen and oxygen atoms in total. The molecule has 1 N–H and O–H groups in total. The Kier molecular flexibility index (Phi) is 3.75. The summed E-state index contributed by atoms with van der Waals surface area (Å²) in [5.74, 6) is 2.93. The Morgan fingerprint density at radius 1 is 0.741 bits per heavy atom. The number of hydrogen-bond acceptors (Lipinski definition) is 6. The van der Waals surface area contributed by atoms with Crippen molar-refractivity contribution in [1.82, 2.24) is 5.32 Å². The minimum Gasteiger partial charge on any atom is -0.454 e. The van der Waals surface area contributed by atoms with Gasteiger partial charge in [-0.15, -0.1) is 0 Å². The molecule has 6 heteroatoms. The van der Waals surface area contributed by atoms with Gasteiger partial charge in [0.2, 0.25) is 13.6 Å². The van der Waals surface area contributed by atoms with Crippen molar-refractivity contribution in [2.45, 2.75) is 25.9 Å². The quantitative estimate of drug-likeness (QED) is 0.878. The Morgan fingerprint density at radius 3 is 1.67 bits per heavy atom. The second-order valence-electron chi connectivity index (χ2n) is 7.33. The molecule has 3 heterocycles. The Labute approximate surface area is 157 Å². The van der Waals surface area contributed by atoms with Crippen molar-refractivity contribution in [3.63, 3.8) is 0 Å². The second-order valence-corrected chi connectivity index (χ2v) is 7.33. The van der Waals surface area contributed by atoms with Gasteiger partial charge in [0.15, 0.2) is 23.0 Å².